The van der Waals surface area contributed by atoms with Gasteiger partial charge < -0.3 is 10.6 Å². The maximum Gasteiger partial charge on any atom is 0.236 e. The van der Waals surface area contributed by atoms with Gasteiger partial charge in [0.15, 0.2) is 0 Å². The Balaban J connectivity index is 3.44. The Labute approximate surface area is 67.0 Å². The van der Waals surface area contributed by atoms with Crippen molar-refractivity contribution in [1.82, 2.24) is 5.48 Å². The zero-order chi connectivity index (χ0) is 8.69. The fourth-order valence-corrected chi connectivity index (χ4v) is 0.604. The lowest BCUT2D eigenvalue weighted by Crippen LogP contribution is -2.40. The van der Waals surface area contributed by atoms with E-state index in [-0.39, 0.29) is 11.9 Å². The third kappa shape index (κ3) is 4.75. The first-order valence-corrected chi connectivity index (χ1v) is 3.89. The van der Waals surface area contributed by atoms with Crippen LogP contribution in [0.2, 0.25) is 0 Å². The molecule has 1 amide bonds. The minimum atomic E-state index is -0.372. The molecule has 0 rings (SSSR count). The van der Waals surface area contributed by atoms with Crippen molar-refractivity contribution < 1.29 is 9.63 Å². The van der Waals surface area contributed by atoms with Crippen molar-refractivity contribution in [3.63, 3.8) is 0 Å². The Bertz CT molecular complexity index is 117. The third-order valence-corrected chi connectivity index (χ3v) is 1.28. The summed E-state index contributed by atoms with van der Waals surface area (Å²) in [7, 11) is 0. The first-order chi connectivity index (χ1) is 5.22. The van der Waals surface area contributed by atoms with Crippen LogP contribution in [0.15, 0.2) is 0 Å². The standard InChI is InChI=1S/C7H16N2O2/c1-3-5-11-9-6(4-2)7(8)10/h6,9H,3-5H2,1-2H3,(H2,8,10). The van der Waals surface area contributed by atoms with E-state index in [4.69, 9.17) is 10.6 Å². The van der Waals surface area contributed by atoms with E-state index in [2.05, 4.69) is 5.48 Å². The smallest absolute Gasteiger partial charge is 0.236 e. The second-order valence-corrected chi connectivity index (χ2v) is 2.33. The van der Waals surface area contributed by atoms with E-state index in [9.17, 15) is 4.79 Å². The lowest BCUT2D eigenvalue weighted by Gasteiger charge is -2.11. The molecule has 0 aromatic rings. The van der Waals surface area contributed by atoms with Crippen molar-refractivity contribution in [3.8, 4) is 0 Å². The summed E-state index contributed by atoms with van der Waals surface area (Å²) in [6.07, 6.45) is 1.57. The van der Waals surface area contributed by atoms with Gasteiger partial charge in [-0.3, -0.25) is 4.79 Å². The summed E-state index contributed by atoms with van der Waals surface area (Å²) in [6, 6.07) is -0.360. The van der Waals surface area contributed by atoms with Gasteiger partial charge in [-0.2, -0.15) is 5.48 Å². The molecule has 3 N–H and O–H groups in total. The van der Waals surface area contributed by atoms with E-state index >= 15 is 0 Å². The summed E-state index contributed by atoms with van der Waals surface area (Å²) in [5.41, 5.74) is 7.64. The Morgan fingerprint density at radius 1 is 1.64 bits per heavy atom. The maximum atomic E-state index is 10.6. The molecule has 1 unspecified atom stereocenters. The number of carbonyl (C=O) groups is 1. The van der Waals surface area contributed by atoms with Crippen molar-refractivity contribution in [2.24, 2.45) is 5.73 Å². The molecule has 0 fully saturated rings. The molecule has 0 spiro atoms. The van der Waals surface area contributed by atoms with Gasteiger partial charge in [-0.25, -0.2) is 0 Å². The molecule has 1 atom stereocenters. The number of nitrogens with two attached hydrogens (primary N) is 1. The molecule has 11 heavy (non-hydrogen) atoms. The van der Waals surface area contributed by atoms with Crippen molar-refractivity contribution in [2.75, 3.05) is 6.61 Å². The monoisotopic (exact) mass is 160 g/mol. The largest absolute Gasteiger partial charge is 0.368 e. The summed E-state index contributed by atoms with van der Waals surface area (Å²) in [5, 5.41) is 0. The molecule has 0 aromatic heterocycles. The highest BCUT2D eigenvalue weighted by molar-refractivity contribution is 5.79. The van der Waals surface area contributed by atoms with Crippen molar-refractivity contribution in [2.45, 2.75) is 32.7 Å². The van der Waals surface area contributed by atoms with Gasteiger partial charge in [0.1, 0.15) is 6.04 Å². The maximum absolute atomic E-state index is 10.6. The van der Waals surface area contributed by atoms with Gasteiger partial charge in [0, 0.05) is 0 Å². The van der Waals surface area contributed by atoms with Gasteiger partial charge in [0.25, 0.3) is 0 Å². The van der Waals surface area contributed by atoms with E-state index in [1.54, 1.807) is 0 Å². The summed E-state index contributed by atoms with van der Waals surface area (Å²) in [6.45, 7) is 4.47. The molecule has 0 bridgehead atoms. The molecule has 0 aliphatic carbocycles. The van der Waals surface area contributed by atoms with E-state index in [1.807, 2.05) is 13.8 Å². The highest BCUT2D eigenvalue weighted by Gasteiger charge is 2.10. The number of nitrogens with one attached hydrogen (secondary N) is 1. The highest BCUT2D eigenvalue weighted by atomic mass is 16.6. The third-order valence-electron chi connectivity index (χ3n) is 1.28. The van der Waals surface area contributed by atoms with Gasteiger partial charge in [-0.05, 0) is 12.8 Å². The zero-order valence-electron chi connectivity index (χ0n) is 7.09. The predicted octanol–water partition coefficient (Wildman–Crippen LogP) is 0.182. The fraction of sp³-hybridized carbons (Fsp3) is 0.857. The average Bonchev–Trinajstić information content (AvgIpc) is 1.97. The normalized spacial score (nSPS) is 12.9. The molecular weight excluding hydrogens is 144 g/mol. The predicted molar refractivity (Wildman–Crippen MR) is 42.7 cm³/mol. The van der Waals surface area contributed by atoms with Crippen LogP contribution in [0.1, 0.15) is 26.7 Å². The van der Waals surface area contributed by atoms with E-state index < -0.39 is 0 Å². The number of rotatable bonds is 6. The minimum absolute atomic E-state index is 0.360. The molecule has 0 saturated carbocycles. The number of hydrogen-bond acceptors (Lipinski definition) is 3. The van der Waals surface area contributed by atoms with Crippen molar-refractivity contribution in [1.29, 1.82) is 0 Å². The fourth-order valence-electron chi connectivity index (χ4n) is 0.604. The molecule has 0 saturated heterocycles. The zero-order valence-corrected chi connectivity index (χ0v) is 7.09. The van der Waals surface area contributed by atoms with E-state index in [0.29, 0.717) is 13.0 Å². The quantitative estimate of drug-likeness (QED) is 0.430. The van der Waals surface area contributed by atoms with Crippen LogP contribution in [0.5, 0.6) is 0 Å². The van der Waals surface area contributed by atoms with Gasteiger partial charge in [0.2, 0.25) is 5.91 Å². The van der Waals surface area contributed by atoms with E-state index in [1.165, 1.54) is 0 Å². The number of amides is 1. The summed E-state index contributed by atoms with van der Waals surface area (Å²) < 4.78 is 0. The second-order valence-electron chi connectivity index (χ2n) is 2.33. The van der Waals surface area contributed by atoms with Crippen LogP contribution >= 0.6 is 0 Å². The van der Waals surface area contributed by atoms with Crippen LogP contribution in [0.25, 0.3) is 0 Å². The lowest BCUT2D eigenvalue weighted by atomic mass is 10.2. The first kappa shape index (κ1) is 10.4. The molecule has 0 aliphatic heterocycles. The Morgan fingerprint density at radius 2 is 2.27 bits per heavy atom. The summed E-state index contributed by atoms with van der Waals surface area (Å²) in [4.78, 5) is 15.6. The van der Waals surface area contributed by atoms with Crippen LogP contribution in [-0.4, -0.2) is 18.6 Å². The van der Waals surface area contributed by atoms with Gasteiger partial charge in [-0.15, -0.1) is 0 Å². The Kier molecular flexibility index (Phi) is 5.78. The number of carbonyl (C=O) groups excluding carboxylic acids is 1. The molecular formula is C7H16N2O2. The Hall–Kier alpha value is -0.610. The van der Waals surface area contributed by atoms with Gasteiger partial charge in [0.05, 0.1) is 6.61 Å². The lowest BCUT2D eigenvalue weighted by molar-refractivity contribution is -0.124. The molecule has 0 aliphatic rings. The van der Waals surface area contributed by atoms with Crippen LogP contribution in [0, 0.1) is 0 Å². The van der Waals surface area contributed by atoms with Gasteiger partial charge >= 0.3 is 0 Å². The highest BCUT2D eigenvalue weighted by Crippen LogP contribution is 1.89. The van der Waals surface area contributed by atoms with Gasteiger partial charge in [-0.1, -0.05) is 13.8 Å². The number of primary amides is 1. The number of hydroxylamine groups is 1. The molecule has 4 heteroatoms. The molecule has 66 valence electrons. The molecule has 0 heterocycles. The van der Waals surface area contributed by atoms with Crippen molar-refractivity contribution in [3.05, 3.63) is 0 Å². The Morgan fingerprint density at radius 3 is 2.64 bits per heavy atom. The van der Waals surface area contributed by atoms with Crippen LogP contribution < -0.4 is 11.2 Å². The van der Waals surface area contributed by atoms with Crippen LogP contribution in [0.4, 0.5) is 0 Å². The minimum Gasteiger partial charge on any atom is -0.368 e. The first-order valence-electron chi connectivity index (χ1n) is 3.89. The summed E-state index contributed by atoms with van der Waals surface area (Å²) >= 11 is 0. The number of hydrogen-bond donors (Lipinski definition) is 2. The van der Waals surface area contributed by atoms with Crippen LogP contribution in [-0.2, 0) is 9.63 Å². The molecule has 0 aromatic carbocycles. The summed E-state index contributed by atoms with van der Waals surface area (Å²) in [5.74, 6) is -0.372. The average molecular weight is 160 g/mol. The molecule has 4 nitrogen and oxygen atoms in total. The topological polar surface area (TPSA) is 64.3 Å². The second kappa shape index (κ2) is 6.12. The molecule has 0 radical (unpaired) electrons. The van der Waals surface area contributed by atoms with Crippen LogP contribution in [0.3, 0.4) is 0 Å². The van der Waals surface area contributed by atoms with E-state index in [0.717, 1.165) is 6.42 Å². The van der Waals surface area contributed by atoms with Crippen molar-refractivity contribution >= 4 is 5.91 Å². The SMILES string of the molecule is CCCONC(CC)C(N)=O.